The summed E-state index contributed by atoms with van der Waals surface area (Å²) >= 11 is 12.6. The van der Waals surface area contributed by atoms with Crippen molar-refractivity contribution in [1.82, 2.24) is 30.5 Å². The Morgan fingerprint density at radius 3 is 2.68 bits per heavy atom. The number of rotatable bonds is 7. The minimum absolute atomic E-state index is 0.0192. The minimum Gasteiger partial charge on any atom is -0.350 e. The molecule has 2 amide bonds. The number of nitrogens with zero attached hydrogens (tertiary/aromatic N) is 4. The molecule has 0 saturated carbocycles. The molecule has 0 radical (unpaired) electrons. The van der Waals surface area contributed by atoms with Crippen LogP contribution in [-0.2, 0) is 29.6 Å². The average molecular weight is 592 g/mol. The fourth-order valence-corrected chi connectivity index (χ4v) is 6.65. The molecule has 0 spiro atoms. The van der Waals surface area contributed by atoms with Crippen molar-refractivity contribution in [2.24, 2.45) is 13.0 Å². The van der Waals surface area contributed by atoms with Crippen LogP contribution in [0.3, 0.4) is 0 Å². The van der Waals surface area contributed by atoms with Crippen molar-refractivity contribution < 1.29 is 9.59 Å². The van der Waals surface area contributed by atoms with E-state index < -0.39 is 6.04 Å². The minimum atomic E-state index is -0.559. The third kappa shape index (κ3) is 5.96. The molecule has 3 aromatic carbocycles. The van der Waals surface area contributed by atoms with E-state index in [4.69, 9.17) is 23.2 Å². The number of aryl methyl sites for hydroxylation is 1. The summed E-state index contributed by atoms with van der Waals surface area (Å²) in [6.07, 6.45) is 1.94. The smallest absolute Gasteiger partial charge is 0.243 e. The van der Waals surface area contributed by atoms with Gasteiger partial charge in [0.1, 0.15) is 11.6 Å². The molecule has 0 aliphatic carbocycles. The molecule has 4 unspecified atom stereocenters. The molecule has 2 aliphatic heterocycles. The van der Waals surface area contributed by atoms with E-state index in [1.165, 1.54) is 5.56 Å². The highest BCUT2D eigenvalue weighted by molar-refractivity contribution is 6.35. The van der Waals surface area contributed by atoms with Crippen LogP contribution in [0.25, 0.3) is 11.0 Å². The van der Waals surface area contributed by atoms with E-state index in [2.05, 4.69) is 33.1 Å². The van der Waals surface area contributed by atoms with Gasteiger partial charge in [0.15, 0.2) is 0 Å². The maximum absolute atomic E-state index is 13.9. The first-order valence-electron chi connectivity index (χ1n) is 13.9. The van der Waals surface area contributed by atoms with Crippen LogP contribution < -0.4 is 10.6 Å². The number of carbonyl (C=O) groups excluding carboxylic acids is 2. The van der Waals surface area contributed by atoms with Crippen LogP contribution in [0.1, 0.15) is 35.4 Å². The van der Waals surface area contributed by atoms with Gasteiger partial charge in [-0.15, -0.1) is 5.10 Å². The summed E-state index contributed by atoms with van der Waals surface area (Å²) in [4.78, 5) is 29.3. The van der Waals surface area contributed by atoms with Gasteiger partial charge in [-0.1, -0.05) is 70.9 Å². The van der Waals surface area contributed by atoms with E-state index >= 15 is 0 Å². The third-order valence-electron chi connectivity index (χ3n) is 8.34. The molecule has 1 aromatic heterocycles. The third-order valence-corrected chi connectivity index (χ3v) is 8.93. The predicted octanol–water partition coefficient (Wildman–Crippen LogP) is 4.50. The number of halogens is 2. The average Bonchev–Trinajstić information content (AvgIpc) is 3.72. The number of hydrogen-bond donors (Lipinski definition) is 2. The normalized spacial score (nSPS) is 22.4. The molecule has 10 heteroatoms. The summed E-state index contributed by atoms with van der Waals surface area (Å²) < 4.78 is 1.71. The van der Waals surface area contributed by atoms with Crippen LogP contribution in [-0.4, -0.2) is 56.9 Å². The van der Waals surface area contributed by atoms with Gasteiger partial charge < -0.3 is 15.5 Å². The second kappa shape index (κ2) is 11.8. The second-order valence-corrected chi connectivity index (χ2v) is 11.9. The van der Waals surface area contributed by atoms with Gasteiger partial charge in [0.25, 0.3) is 0 Å². The Morgan fingerprint density at radius 2 is 1.88 bits per heavy atom. The first-order valence-corrected chi connectivity index (χ1v) is 14.7. The lowest BCUT2D eigenvalue weighted by molar-refractivity contribution is -0.139. The van der Waals surface area contributed by atoms with Crippen LogP contribution in [0.2, 0.25) is 10.0 Å². The highest BCUT2D eigenvalue weighted by atomic mass is 35.5. The molecule has 2 N–H and O–H groups in total. The van der Waals surface area contributed by atoms with Crippen molar-refractivity contribution >= 4 is 46.0 Å². The lowest BCUT2D eigenvalue weighted by atomic mass is 9.96. The van der Waals surface area contributed by atoms with Crippen molar-refractivity contribution in [2.75, 3.05) is 13.1 Å². The maximum Gasteiger partial charge on any atom is 0.243 e. The number of carbonyl (C=O) groups is 2. The zero-order chi connectivity index (χ0) is 28.5. The summed E-state index contributed by atoms with van der Waals surface area (Å²) in [5.74, 6) is 0.185. The molecule has 2 saturated heterocycles. The molecule has 4 atom stereocenters. The van der Waals surface area contributed by atoms with Gasteiger partial charge in [0.2, 0.25) is 11.8 Å². The zero-order valence-corrected chi connectivity index (χ0v) is 24.3. The van der Waals surface area contributed by atoms with Crippen molar-refractivity contribution in [3.05, 3.63) is 93.5 Å². The first kappa shape index (κ1) is 27.7. The fraction of sp³-hybridized carbons (Fsp3) is 0.355. The van der Waals surface area contributed by atoms with Gasteiger partial charge >= 0.3 is 0 Å². The molecule has 41 heavy (non-hydrogen) atoms. The van der Waals surface area contributed by atoms with Crippen molar-refractivity contribution in [3.8, 4) is 0 Å². The van der Waals surface area contributed by atoms with Crippen molar-refractivity contribution in [1.29, 1.82) is 0 Å². The molecular weight excluding hydrogens is 559 g/mol. The Hall–Kier alpha value is -3.46. The van der Waals surface area contributed by atoms with E-state index in [-0.39, 0.29) is 29.7 Å². The SMILES string of the molecule is Cn1nnc2cc(CNC(=O)C3CC(Cc4ccc(Cl)cc4Cl)CN3C(=O)C3CC(c4ccccc4)CN3)ccc21. The van der Waals surface area contributed by atoms with Crippen LogP contribution in [0.4, 0.5) is 0 Å². The number of aromatic nitrogens is 3. The summed E-state index contributed by atoms with van der Waals surface area (Å²) in [7, 11) is 1.84. The molecule has 3 heterocycles. The van der Waals surface area contributed by atoms with E-state index in [9.17, 15) is 9.59 Å². The standard InChI is InChI=1S/C31H32Cl2N6O2/c1-38-28-10-7-19(12-26(28)36-37-38)16-35-30(40)29-13-20(11-22-8-9-24(32)15-25(22)33)18-39(29)31(41)27-14-23(17-34-27)21-5-3-2-4-6-21/h2-10,12,15,20,23,27,29,34H,11,13-14,16-18H2,1H3,(H,35,40). The largest absolute Gasteiger partial charge is 0.350 e. The van der Waals surface area contributed by atoms with Crippen molar-refractivity contribution in [2.45, 2.75) is 43.8 Å². The Bertz CT molecular complexity index is 1580. The number of benzene rings is 3. The van der Waals surface area contributed by atoms with E-state index in [0.29, 0.717) is 42.4 Å². The predicted molar refractivity (Wildman–Crippen MR) is 160 cm³/mol. The lowest BCUT2D eigenvalue weighted by Gasteiger charge is -2.27. The quantitative estimate of drug-likeness (QED) is 0.331. The van der Waals surface area contributed by atoms with Gasteiger partial charge in [-0.3, -0.25) is 9.59 Å². The van der Waals surface area contributed by atoms with Gasteiger partial charge in [-0.2, -0.15) is 0 Å². The Kier molecular flexibility index (Phi) is 7.97. The molecular formula is C31H32Cl2N6O2. The molecule has 0 bridgehead atoms. The number of nitrogens with one attached hydrogen (secondary N) is 2. The van der Waals surface area contributed by atoms with Crippen LogP contribution in [0.5, 0.6) is 0 Å². The fourth-order valence-electron chi connectivity index (χ4n) is 6.17. The Labute approximate surface area is 249 Å². The van der Waals surface area contributed by atoms with E-state index in [0.717, 1.165) is 28.7 Å². The van der Waals surface area contributed by atoms with Gasteiger partial charge in [0, 0.05) is 36.7 Å². The highest BCUT2D eigenvalue weighted by Crippen LogP contribution is 2.33. The topological polar surface area (TPSA) is 92.2 Å². The van der Waals surface area contributed by atoms with Crippen LogP contribution in [0, 0.1) is 5.92 Å². The summed E-state index contributed by atoms with van der Waals surface area (Å²) in [5, 5.41) is 15.9. The molecule has 4 aromatic rings. The second-order valence-electron chi connectivity index (χ2n) is 11.1. The molecule has 8 nitrogen and oxygen atoms in total. The first-order chi connectivity index (χ1) is 19.9. The van der Waals surface area contributed by atoms with Gasteiger partial charge in [0.05, 0.1) is 11.6 Å². The Morgan fingerprint density at radius 1 is 1.05 bits per heavy atom. The molecule has 2 aliphatic rings. The van der Waals surface area contributed by atoms with Crippen LogP contribution >= 0.6 is 23.2 Å². The summed E-state index contributed by atoms with van der Waals surface area (Å²) in [6, 6.07) is 20.7. The maximum atomic E-state index is 13.9. The van der Waals surface area contributed by atoms with E-state index in [1.807, 2.05) is 55.6 Å². The Balaban J connectivity index is 1.17. The number of fused-ring (bicyclic) bond motifs is 1. The summed E-state index contributed by atoms with van der Waals surface area (Å²) in [5.41, 5.74) is 4.82. The highest BCUT2D eigenvalue weighted by Gasteiger charge is 2.43. The monoisotopic (exact) mass is 590 g/mol. The lowest BCUT2D eigenvalue weighted by Crippen LogP contribution is -2.51. The van der Waals surface area contributed by atoms with E-state index in [1.54, 1.807) is 15.6 Å². The number of amides is 2. The summed E-state index contributed by atoms with van der Waals surface area (Å²) in [6.45, 7) is 1.57. The van der Waals surface area contributed by atoms with Gasteiger partial charge in [-0.05, 0) is 72.1 Å². The molecule has 212 valence electrons. The number of hydrogen-bond acceptors (Lipinski definition) is 5. The molecule has 6 rings (SSSR count). The van der Waals surface area contributed by atoms with Gasteiger partial charge in [-0.25, -0.2) is 4.68 Å². The number of likely N-dealkylation sites (tertiary alicyclic amines) is 1. The zero-order valence-electron chi connectivity index (χ0n) is 22.8. The molecule has 2 fully saturated rings. The van der Waals surface area contributed by atoms with Crippen molar-refractivity contribution in [3.63, 3.8) is 0 Å². The van der Waals surface area contributed by atoms with Crippen LogP contribution in [0.15, 0.2) is 66.7 Å².